The largest absolute Gasteiger partial charge is 0.316 e. The Morgan fingerprint density at radius 3 is 2.79 bits per heavy atom. The van der Waals surface area contributed by atoms with Crippen molar-refractivity contribution in [1.29, 1.82) is 0 Å². The van der Waals surface area contributed by atoms with Crippen molar-refractivity contribution in [2.45, 2.75) is 28.8 Å². The molecular weight excluding hydrogens is 344 g/mol. The highest BCUT2D eigenvalue weighted by Gasteiger charge is 2.22. The van der Waals surface area contributed by atoms with Gasteiger partial charge in [0.2, 0.25) is 0 Å². The second-order valence-electron chi connectivity index (χ2n) is 5.92. The highest BCUT2D eigenvalue weighted by Crippen LogP contribution is 2.25. The number of sulfone groups is 1. The Labute approximate surface area is 147 Å². The Morgan fingerprint density at radius 2 is 2.08 bits per heavy atom. The Balaban J connectivity index is 1.60. The van der Waals surface area contributed by atoms with E-state index in [1.165, 1.54) is 11.8 Å². The molecule has 1 aromatic carbocycles. The molecule has 1 N–H and O–H groups in total. The van der Waals surface area contributed by atoms with E-state index in [2.05, 4.69) is 15.5 Å². The quantitative estimate of drug-likeness (QED) is 0.786. The van der Waals surface area contributed by atoms with Crippen LogP contribution in [0.1, 0.15) is 24.6 Å². The summed E-state index contributed by atoms with van der Waals surface area (Å²) in [5.74, 6) is 1.93. The lowest BCUT2D eigenvalue weighted by Crippen LogP contribution is -2.29. The van der Waals surface area contributed by atoms with Gasteiger partial charge in [-0.1, -0.05) is 30.0 Å². The molecule has 0 aliphatic carbocycles. The second kappa shape index (κ2) is 7.67. The van der Waals surface area contributed by atoms with E-state index in [1.54, 1.807) is 24.3 Å². The van der Waals surface area contributed by atoms with Gasteiger partial charge in [0.25, 0.3) is 0 Å². The number of nitrogens with zero attached hydrogens (tertiary/aromatic N) is 3. The van der Waals surface area contributed by atoms with Crippen molar-refractivity contribution in [3.63, 3.8) is 0 Å². The van der Waals surface area contributed by atoms with Gasteiger partial charge in [-0.3, -0.25) is 0 Å². The van der Waals surface area contributed by atoms with E-state index in [1.807, 2.05) is 17.7 Å². The third kappa shape index (κ3) is 3.99. The molecule has 1 saturated heterocycles. The highest BCUT2D eigenvalue weighted by molar-refractivity contribution is 8.00. The molecule has 8 heteroatoms. The zero-order valence-electron chi connectivity index (χ0n) is 13.7. The van der Waals surface area contributed by atoms with Crippen molar-refractivity contribution >= 4 is 21.6 Å². The Kier molecular flexibility index (Phi) is 5.57. The molecule has 0 bridgehead atoms. The molecule has 6 nitrogen and oxygen atoms in total. The van der Waals surface area contributed by atoms with Crippen LogP contribution in [0.25, 0.3) is 0 Å². The molecule has 1 aromatic heterocycles. The summed E-state index contributed by atoms with van der Waals surface area (Å²) in [5, 5.41) is 12.7. The summed E-state index contributed by atoms with van der Waals surface area (Å²) in [6, 6.07) is 8.57. The van der Waals surface area contributed by atoms with Gasteiger partial charge in [-0.15, -0.1) is 10.2 Å². The van der Waals surface area contributed by atoms with Crippen LogP contribution in [0.15, 0.2) is 40.4 Å². The second-order valence-corrected chi connectivity index (χ2v) is 9.09. The third-order valence-corrected chi connectivity index (χ3v) is 7.23. The first-order valence-corrected chi connectivity index (χ1v) is 10.7. The van der Waals surface area contributed by atoms with Crippen LogP contribution in [-0.4, -0.2) is 47.8 Å². The lowest BCUT2D eigenvalue weighted by atomic mass is 9.99. The van der Waals surface area contributed by atoms with Gasteiger partial charge >= 0.3 is 0 Å². The number of nitrogens with one attached hydrogen (secondary N) is 1. The van der Waals surface area contributed by atoms with Crippen molar-refractivity contribution in [2.24, 2.45) is 7.05 Å². The van der Waals surface area contributed by atoms with Crippen molar-refractivity contribution in [1.82, 2.24) is 20.1 Å². The van der Waals surface area contributed by atoms with Crippen LogP contribution < -0.4 is 5.32 Å². The molecule has 2 heterocycles. The van der Waals surface area contributed by atoms with Crippen LogP contribution in [0.2, 0.25) is 0 Å². The molecule has 0 radical (unpaired) electrons. The Hall–Kier alpha value is -1.38. The number of aromatic nitrogens is 3. The van der Waals surface area contributed by atoms with Crippen LogP contribution in [-0.2, 0) is 16.9 Å². The minimum Gasteiger partial charge on any atom is -0.316 e. The highest BCUT2D eigenvalue weighted by atomic mass is 32.2. The van der Waals surface area contributed by atoms with Gasteiger partial charge in [-0.2, -0.15) is 0 Å². The number of hydrogen-bond acceptors (Lipinski definition) is 6. The third-order valence-electron chi connectivity index (χ3n) is 4.22. The van der Waals surface area contributed by atoms with Gasteiger partial charge in [0.15, 0.2) is 15.0 Å². The van der Waals surface area contributed by atoms with Crippen molar-refractivity contribution < 1.29 is 8.42 Å². The molecule has 2 aromatic rings. The maximum atomic E-state index is 12.3. The molecule has 0 unspecified atom stereocenters. The van der Waals surface area contributed by atoms with Crippen molar-refractivity contribution in [2.75, 3.05) is 24.6 Å². The maximum Gasteiger partial charge on any atom is 0.190 e. The molecule has 130 valence electrons. The zero-order chi connectivity index (χ0) is 17.0. The lowest BCUT2D eigenvalue weighted by Gasteiger charge is -2.21. The SMILES string of the molecule is Cn1c(SCCS(=O)(=O)c2ccccc2)nnc1[C@H]1CCCNC1. The molecule has 1 fully saturated rings. The van der Waals surface area contributed by atoms with Crippen LogP contribution in [0.5, 0.6) is 0 Å². The minimum absolute atomic E-state index is 0.0921. The number of thioether (sulfide) groups is 1. The number of rotatable bonds is 6. The summed E-state index contributed by atoms with van der Waals surface area (Å²) in [6.45, 7) is 1.99. The summed E-state index contributed by atoms with van der Waals surface area (Å²) >= 11 is 1.44. The lowest BCUT2D eigenvalue weighted by molar-refractivity contribution is 0.436. The molecule has 3 rings (SSSR count). The van der Waals surface area contributed by atoms with Crippen molar-refractivity contribution in [3.8, 4) is 0 Å². The summed E-state index contributed by atoms with van der Waals surface area (Å²) in [6.07, 6.45) is 2.27. The minimum atomic E-state index is -3.25. The van der Waals surface area contributed by atoms with E-state index in [4.69, 9.17) is 0 Å². The summed E-state index contributed by atoms with van der Waals surface area (Å²) in [4.78, 5) is 0.373. The fourth-order valence-corrected chi connectivity index (χ4v) is 5.45. The molecule has 1 aliphatic heterocycles. The predicted octanol–water partition coefficient (Wildman–Crippen LogP) is 1.85. The van der Waals surface area contributed by atoms with Gasteiger partial charge < -0.3 is 9.88 Å². The van der Waals surface area contributed by atoms with E-state index in [0.29, 0.717) is 16.6 Å². The Morgan fingerprint density at radius 1 is 1.29 bits per heavy atom. The summed E-state index contributed by atoms with van der Waals surface area (Å²) in [5.41, 5.74) is 0. The number of benzene rings is 1. The van der Waals surface area contributed by atoms with Gasteiger partial charge in [0, 0.05) is 25.3 Å². The number of piperidine rings is 1. The van der Waals surface area contributed by atoms with Gasteiger partial charge in [0.05, 0.1) is 10.6 Å². The maximum absolute atomic E-state index is 12.3. The molecular formula is C16H22N4O2S2. The molecule has 1 atom stereocenters. The average molecular weight is 367 g/mol. The van der Waals surface area contributed by atoms with E-state index in [9.17, 15) is 8.42 Å². The van der Waals surface area contributed by atoms with Crippen molar-refractivity contribution in [3.05, 3.63) is 36.2 Å². The average Bonchev–Trinajstić information content (AvgIpc) is 2.97. The molecule has 1 aliphatic rings. The molecule has 24 heavy (non-hydrogen) atoms. The van der Waals surface area contributed by atoms with Gasteiger partial charge in [-0.05, 0) is 31.5 Å². The molecule has 0 spiro atoms. The fraction of sp³-hybridized carbons (Fsp3) is 0.500. The van der Waals surface area contributed by atoms with E-state index in [0.717, 1.165) is 36.9 Å². The van der Waals surface area contributed by atoms with Gasteiger partial charge in [-0.25, -0.2) is 8.42 Å². The van der Waals surface area contributed by atoms with Crippen LogP contribution in [0.4, 0.5) is 0 Å². The summed E-state index contributed by atoms with van der Waals surface area (Å²) < 4.78 is 26.6. The van der Waals surface area contributed by atoms with E-state index < -0.39 is 9.84 Å². The van der Waals surface area contributed by atoms with E-state index >= 15 is 0 Å². The van der Waals surface area contributed by atoms with Gasteiger partial charge in [0.1, 0.15) is 5.82 Å². The Bertz CT molecular complexity index is 769. The summed E-state index contributed by atoms with van der Waals surface area (Å²) in [7, 11) is -1.29. The molecule has 0 saturated carbocycles. The zero-order valence-corrected chi connectivity index (χ0v) is 15.3. The standard InChI is InChI=1S/C16H22N4O2S2/c1-20-15(13-6-5-9-17-12-13)18-19-16(20)23-10-11-24(21,22)14-7-3-2-4-8-14/h2-4,7-8,13,17H,5-6,9-12H2,1H3/t13-/m0/s1. The van der Waals surface area contributed by atoms with E-state index in [-0.39, 0.29) is 5.75 Å². The first kappa shape index (κ1) is 17.4. The predicted molar refractivity (Wildman–Crippen MR) is 95.1 cm³/mol. The van der Waals surface area contributed by atoms with Crippen LogP contribution in [0, 0.1) is 0 Å². The van der Waals surface area contributed by atoms with Crippen LogP contribution in [0.3, 0.4) is 0 Å². The topological polar surface area (TPSA) is 76.9 Å². The fourth-order valence-electron chi connectivity index (χ4n) is 2.87. The van der Waals surface area contributed by atoms with Crippen LogP contribution >= 0.6 is 11.8 Å². The first-order valence-electron chi connectivity index (χ1n) is 8.08. The first-order chi connectivity index (χ1) is 11.6. The number of hydrogen-bond donors (Lipinski definition) is 1. The smallest absolute Gasteiger partial charge is 0.190 e. The molecule has 0 amide bonds. The normalized spacial score (nSPS) is 18.6. The monoisotopic (exact) mass is 366 g/mol.